The molecule has 1 unspecified atom stereocenters. The number of aliphatic hydroxyl groups excluding tert-OH is 1. The molecule has 0 bridgehead atoms. The molecule has 1 aromatic carbocycles. The number of hydrogen-bond acceptors (Lipinski definition) is 3. The molecule has 0 heterocycles. The molecule has 0 aliphatic carbocycles. The summed E-state index contributed by atoms with van der Waals surface area (Å²) in [5.74, 6) is 0.928. The van der Waals surface area contributed by atoms with Gasteiger partial charge in [0, 0.05) is 13.2 Å². The molecule has 0 aliphatic rings. The van der Waals surface area contributed by atoms with Crippen LogP contribution >= 0.6 is 0 Å². The Hall–Kier alpha value is -1.55. The first-order valence-corrected chi connectivity index (χ1v) is 7.28. The van der Waals surface area contributed by atoms with Gasteiger partial charge in [-0.2, -0.15) is 0 Å². The molecule has 1 rings (SSSR count). The van der Waals surface area contributed by atoms with Crippen molar-refractivity contribution in [2.75, 3.05) is 19.8 Å². The number of rotatable bonds is 9. The van der Waals surface area contributed by atoms with Crippen LogP contribution in [-0.4, -0.2) is 30.8 Å². The summed E-state index contributed by atoms with van der Waals surface area (Å²) in [6.45, 7) is 4.92. The summed E-state index contributed by atoms with van der Waals surface area (Å²) in [6, 6.07) is 7.77. The van der Waals surface area contributed by atoms with Gasteiger partial charge in [-0.15, -0.1) is 0 Å². The average molecular weight is 279 g/mol. The van der Waals surface area contributed by atoms with Gasteiger partial charge in [-0.05, 0) is 36.5 Å². The minimum Gasteiger partial charge on any atom is -0.484 e. The Kier molecular flexibility index (Phi) is 7.73. The summed E-state index contributed by atoms with van der Waals surface area (Å²) in [5.41, 5.74) is 1.19. The van der Waals surface area contributed by atoms with E-state index in [0.29, 0.717) is 12.5 Å². The van der Waals surface area contributed by atoms with Crippen LogP contribution in [0.2, 0.25) is 0 Å². The van der Waals surface area contributed by atoms with Crippen LogP contribution in [0.5, 0.6) is 5.75 Å². The summed E-state index contributed by atoms with van der Waals surface area (Å²) in [4.78, 5) is 11.7. The molecule has 4 nitrogen and oxygen atoms in total. The lowest BCUT2D eigenvalue weighted by atomic mass is 10.0. The smallest absolute Gasteiger partial charge is 0.257 e. The van der Waals surface area contributed by atoms with Crippen LogP contribution in [0.25, 0.3) is 0 Å². The Labute approximate surface area is 121 Å². The van der Waals surface area contributed by atoms with E-state index in [0.717, 1.165) is 25.0 Å². The number of aryl methyl sites for hydroxylation is 1. The maximum atomic E-state index is 11.7. The maximum absolute atomic E-state index is 11.7. The third-order valence-corrected chi connectivity index (χ3v) is 3.38. The van der Waals surface area contributed by atoms with Crippen molar-refractivity contribution in [3.05, 3.63) is 29.8 Å². The van der Waals surface area contributed by atoms with Gasteiger partial charge in [0.25, 0.3) is 5.91 Å². The van der Waals surface area contributed by atoms with Crippen LogP contribution in [0.4, 0.5) is 0 Å². The Morgan fingerprint density at radius 1 is 1.40 bits per heavy atom. The van der Waals surface area contributed by atoms with Crippen molar-refractivity contribution in [1.29, 1.82) is 0 Å². The molecule has 1 atom stereocenters. The second kappa shape index (κ2) is 9.37. The van der Waals surface area contributed by atoms with Gasteiger partial charge < -0.3 is 15.2 Å². The summed E-state index contributed by atoms with van der Waals surface area (Å²) < 4.78 is 5.47. The molecule has 0 aromatic heterocycles. The maximum Gasteiger partial charge on any atom is 0.257 e. The van der Waals surface area contributed by atoms with Crippen LogP contribution in [-0.2, 0) is 11.2 Å². The Morgan fingerprint density at radius 2 is 2.20 bits per heavy atom. The quantitative estimate of drug-likeness (QED) is 0.728. The highest BCUT2D eigenvalue weighted by Crippen LogP contribution is 2.13. The predicted octanol–water partition coefficient (Wildman–Crippen LogP) is 2.15. The molecular formula is C16H25NO3. The lowest BCUT2D eigenvalue weighted by molar-refractivity contribution is -0.123. The van der Waals surface area contributed by atoms with E-state index in [1.54, 1.807) is 0 Å². The van der Waals surface area contributed by atoms with Gasteiger partial charge >= 0.3 is 0 Å². The Bertz CT molecular complexity index is 406. The highest BCUT2D eigenvalue weighted by Gasteiger charge is 2.08. The largest absolute Gasteiger partial charge is 0.484 e. The fourth-order valence-electron chi connectivity index (χ4n) is 1.95. The van der Waals surface area contributed by atoms with Crippen molar-refractivity contribution < 1.29 is 14.6 Å². The van der Waals surface area contributed by atoms with Gasteiger partial charge in [0.2, 0.25) is 0 Å². The van der Waals surface area contributed by atoms with E-state index in [4.69, 9.17) is 9.84 Å². The lowest BCUT2D eigenvalue weighted by Gasteiger charge is -2.14. The third kappa shape index (κ3) is 6.06. The molecule has 0 fully saturated rings. The van der Waals surface area contributed by atoms with Crippen molar-refractivity contribution >= 4 is 5.91 Å². The predicted molar refractivity (Wildman–Crippen MR) is 79.8 cm³/mol. The number of carbonyl (C=O) groups is 1. The normalized spacial score (nSPS) is 11.9. The van der Waals surface area contributed by atoms with Gasteiger partial charge in [0.15, 0.2) is 6.61 Å². The van der Waals surface area contributed by atoms with Crippen LogP contribution in [0.1, 0.15) is 32.3 Å². The van der Waals surface area contributed by atoms with Gasteiger partial charge in [-0.3, -0.25) is 4.79 Å². The van der Waals surface area contributed by atoms with E-state index in [1.165, 1.54) is 5.56 Å². The number of nitrogens with one attached hydrogen (secondary N) is 1. The lowest BCUT2D eigenvalue weighted by Crippen LogP contribution is -2.33. The van der Waals surface area contributed by atoms with Crippen LogP contribution < -0.4 is 10.1 Å². The number of amides is 1. The fraction of sp³-hybridized carbons (Fsp3) is 0.562. The van der Waals surface area contributed by atoms with E-state index in [-0.39, 0.29) is 19.1 Å². The summed E-state index contributed by atoms with van der Waals surface area (Å²) in [6.07, 6.45) is 2.61. The van der Waals surface area contributed by atoms with Gasteiger partial charge in [0.1, 0.15) is 5.75 Å². The Balaban J connectivity index is 2.32. The van der Waals surface area contributed by atoms with Gasteiger partial charge in [0.05, 0.1) is 0 Å². The van der Waals surface area contributed by atoms with Crippen molar-refractivity contribution in [2.24, 2.45) is 5.92 Å². The molecule has 2 N–H and O–H groups in total. The molecule has 1 aromatic rings. The number of ether oxygens (including phenoxy) is 1. The van der Waals surface area contributed by atoms with Gasteiger partial charge in [-0.1, -0.05) is 32.4 Å². The van der Waals surface area contributed by atoms with E-state index < -0.39 is 0 Å². The minimum atomic E-state index is -0.122. The first kappa shape index (κ1) is 16.5. The summed E-state index contributed by atoms with van der Waals surface area (Å²) in [5, 5.41) is 11.7. The zero-order chi connectivity index (χ0) is 14.8. The van der Waals surface area contributed by atoms with Crippen molar-refractivity contribution in [3.8, 4) is 5.75 Å². The zero-order valence-corrected chi connectivity index (χ0v) is 12.4. The third-order valence-electron chi connectivity index (χ3n) is 3.38. The van der Waals surface area contributed by atoms with Gasteiger partial charge in [-0.25, -0.2) is 0 Å². The number of aliphatic hydroxyl groups is 1. The second-order valence-corrected chi connectivity index (χ2v) is 4.88. The van der Waals surface area contributed by atoms with Crippen LogP contribution in [0.15, 0.2) is 24.3 Å². The van der Waals surface area contributed by atoms with Crippen LogP contribution in [0.3, 0.4) is 0 Å². The van der Waals surface area contributed by atoms with Crippen molar-refractivity contribution in [3.63, 3.8) is 0 Å². The molecule has 0 saturated carbocycles. The van der Waals surface area contributed by atoms with E-state index in [1.807, 2.05) is 24.3 Å². The van der Waals surface area contributed by atoms with E-state index in [9.17, 15) is 4.79 Å². The van der Waals surface area contributed by atoms with Crippen molar-refractivity contribution in [1.82, 2.24) is 5.32 Å². The molecule has 112 valence electrons. The summed E-state index contributed by atoms with van der Waals surface area (Å²) in [7, 11) is 0. The molecule has 0 spiro atoms. The average Bonchev–Trinajstić information content (AvgIpc) is 2.49. The first-order valence-electron chi connectivity index (χ1n) is 7.28. The topological polar surface area (TPSA) is 58.6 Å². The van der Waals surface area contributed by atoms with Crippen LogP contribution in [0, 0.1) is 5.92 Å². The minimum absolute atomic E-state index is 0.0305. The molecule has 20 heavy (non-hydrogen) atoms. The number of benzene rings is 1. The molecule has 0 radical (unpaired) electrons. The standard InChI is InChI=1S/C16H25NO3/c1-3-13-6-5-7-15(10-13)20-12-16(19)17-11-14(4-2)8-9-18/h5-7,10,14,18H,3-4,8-9,11-12H2,1-2H3,(H,17,19). The Morgan fingerprint density at radius 3 is 2.85 bits per heavy atom. The van der Waals surface area contributed by atoms with Crippen molar-refractivity contribution in [2.45, 2.75) is 33.1 Å². The van der Waals surface area contributed by atoms with E-state index in [2.05, 4.69) is 19.2 Å². The van der Waals surface area contributed by atoms with E-state index >= 15 is 0 Å². The SMILES string of the molecule is CCc1cccc(OCC(=O)NCC(CC)CCO)c1. The molecule has 0 aliphatic heterocycles. The fourth-order valence-corrected chi connectivity index (χ4v) is 1.95. The number of carbonyl (C=O) groups excluding carboxylic acids is 1. The highest BCUT2D eigenvalue weighted by molar-refractivity contribution is 5.77. The monoisotopic (exact) mass is 279 g/mol. The first-order chi connectivity index (χ1) is 9.69. The summed E-state index contributed by atoms with van der Waals surface area (Å²) >= 11 is 0. The molecule has 4 heteroatoms. The zero-order valence-electron chi connectivity index (χ0n) is 12.4. The molecule has 1 amide bonds. The molecule has 0 saturated heterocycles. The number of hydrogen-bond donors (Lipinski definition) is 2. The molecular weight excluding hydrogens is 254 g/mol. The highest BCUT2D eigenvalue weighted by atomic mass is 16.5. The second-order valence-electron chi connectivity index (χ2n) is 4.88.